The van der Waals surface area contributed by atoms with Crippen molar-refractivity contribution >= 4 is 5.91 Å². The molecule has 1 amide bonds. The van der Waals surface area contributed by atoms with Gasteiger partial charge in [0.15, 0.2) is 0 Å². The van der Waals surface area contributed by atoms with Crippen molar-refractivity contribution in [2.45, 2.75) is 39.0 Å². The number of benzene rings is 2. The highest BCUT2D eigenvalue weighted by molar-refractivity contribution is 5.75. The summed E-state index contributed by atoms with van der Waals surface area (Å²) in [4.78, 5) is 11.7. The van der Waals surface area contributed by atoms with Crippen LogP contribution in [0, 0.1) is 5.92 Å². The van der Waals surface area contributed by atoms with E-state index >= 15 is 0 Å². The zero-order valence-electron chi connectivity index (χ0n) is 16.6. The smallest absolute Gasteiger partial charge is 0.221 e. The molecular formula is C23H35N3O. The van der Waals surface area contributed by atoms with Crippen LogP contribution in [0.1, 0.15) is 37.3 Å². The van der Waals surface area contributed by atoms with Gasteiger partial charge < -0.3 is 16.8 Å². The Bertz CT molecular complexity index is 558. The lowest BCUT2D eigenvalue weighted by atomic mass is 9.93. The molecule has 0 fully saturated rings. The van der Waals surface area contributed by atoms with Crippen molar-refractivity contribution in [1.82, 2.24) is 5.32 Å². The van der Waals surface area contributed by atoms with E-state index in [9.17, 15) is 4.79 Å². The second kappa shape index (κ2) is 14.9. The molecule has 0 aliphatic rings. The summed E-state index contributed by atoms with van der Waals surface area (Å²) in [5.41, 5.74) is 13.0. The van der Waals surface area contributed by atoms with Crippen molar-refractivity contribution in [1.29, 1.82) is 0 Å². The Morgan fingerprint density at radius 2 is 1.33 bits per heavy atom. The van der Waals surface area contributed by atoms with Crippen LogP contribution in [0.25, 0.3) is 0 Å². The van der Waals surface area contributed by atoms with Crippen LogP contribution in [0.5, 0.6) is 0 Å². The molecule has 0 radical (unpaired) electrons. The van der Waals surface area contributed by atoms with Crippen molar-refractivity contribution < 1.29 is 4.79 Å². The third-order valence-corrected chi connectivity index (χ3v) is 4.33. The molecule has 0 atom stereocenters. The van der Waals surface area contributed by atoms with E-state index in [-0.39, 0.29) is 5.91 Å². The maximum atomic E-state index is 11.7. The number of rotatable bonds is 10. The molecule has 4 heteroatoms. The Labute approximate surface area is 164 Å². The van der Waals surface area contributed by atoms with E-state index in [0.29, 0.717) is 18.9 Å². The van der Waals surface area contributed by atoms with Gasteiger partial charge in [0.05, 0.1) is 0 Å². The minimum atomic E-state index is 0.0573. The number of hydrogen-bond acceptors (Lipinski definition) is 3. The van der Waals surface area contributed by atoms with Gasteiger partial charge in [0, 0.05) is 19.5 Å². The molecule has 27 heavy (non-hydrogen) atoms. The second-order valence-electron chi connectivity index (χ2n) is 6.67. The number of nitrogens with two attached hydrogens (primary N) is 2. The van der Waals surface area contributed by atoms with Crippen LogP contribution in [0.15, 0.2) is 60.7 Å². The normalized spacial score (nSPS) is 10.2. The number of carbonyl (C=O) groups is 1. The standard InChI is InChI=1S/C21H28N2O.C2H7N/c22-16-15-21(24)23-17-20(13-11-18-7-3-1-4-8-18)14-12-19-9-5-2-6-10-19;1-2-3/h1-10,20H,11-17,22H2,(H,23,24);2-3H2,1H3. The van der Waals surface area contributed by atoms with Gasteiger partial charge in [-0.15, -0.1) is 0 Å². The summed E-state index contributed by atoms with van der Waals surface area (Å²) in [7, 11) is 0. The lowest BCUT2D eigenvalue weighted by Gasteiger charge is -2.18. The highest BCUT2D eigenvalue weighted by Crippen LogP contribution is 2.16. The molecule has 0 heterocycles. The Balaban J connectivity index is 0.00000114. The van der Waals surface area contributed by atoms with Crippen LogP contribution in [0.4, 0.5) is 0 Å². The second-order valence-corrected chi connectivity index (χ2v) is 6.67. The first-order valence-corrected chi connectivity index (χ1v) is 9.94. The van der Waals surface area contributed by atoms with Crippen LogP contribution in [0.2, 0.25) is 0 Å². The minimum Gasteiger partial charge on any atom is -0.356 e. The van der Waals surface area contributed by atoms with Gasteiger partial charge in [0.25, 0.3) is 0 Å². The monoisotopic (exact) mass is 369 g/mol. The van der Waals surface area contributed by atoms with E-state index in [1.54, 1.807) is 0 Å². The lowest BCUT2D eigenvalue weighted by molar-refractivity contribution is -0.121. The summed E-state index contributed by atoms with van der Waals surface area (Å²) in [5, 5.41) is 3.04. The summed E-state index contributed by atoms with van der Waals surface area (Å²) in [5.74, 6) is 0.536. The Kier molecular flexibility index (Phi) is 12.7. The van der Waals surface area contributed by atoms with Crippen LogP contribution in [0.3, 0.4) is 0 Å². The lowest BCUT2D eigenvalue weighted by Crippen LogP contribution is -2.31. The molecule has 0 unspecified atom stereocenters. The third-order valence-electron chi connectivity index (χ3n) is 4.33. The molecule has 0 spiro atoms. The minimum absolute atomic E-state index is 0.0573. The zero-order chi connectivity index (χ0) is 19.7. The summed E-state index contributed by atoms with van der Waals surface area (Å²) < 4.78 is 0. The first-order valence-electron chi connectivity index (χ1n) is 9.94. The van der Waals surface area contributed by atoms with Crippen LogP contribution in [-0.4, -0.2) is 25.5 Å². The molecule has 0 saturated carbocycles. The van der Waals surface area contributed by atoms with Gasteiger partial charge in [-0.25, -0.2) is 0 Å². The third kappa shape index (κ3) is 11.2. The highest BCUT2D eigenvalue weighted by Gasteiger charge is 2.11. The molecule has 4 nitrogen and oxygen atoms in total. The molecule has 2 rings (SSSR count). The molecule has 2 aromatic carbocycles. The highest BCUT2D eigenvalue weighted by atomic mass is 16.1. The van der Waals surface area contributed by atoms with Crippen molar-refractivity contribution in [3.8, 4) is 0 Å². The molecular weight excluding hydrogens is 334 g/mol. The fraction of sp³-hybridized carbons (Fsp3) is 0.435. The fourth-order valence-electron chi connectivity index (χ4n) is 2.86. The van der Waals surface area contributed by atoms with Crippen LogP contribution < -0.4 is 16.8 Å². The summed E-state index contributed by atoms with van der Waals surface area (Å²) in [6.07, 6.45) is 4.67. The first kappa shape index (κ1) is 22.9. The predicted octanol–water partition coefficient (Wildman–Crippen LogP) is 3.30. The van der Waals surface area contributed by atoms with Crippen LogP contribution >= 0.6 is 0 Å². The maximum absolute atomic E-state index is 11.7. The SMILES string of the molecule is CCN.NCCC(=O)NCC(CCc1ccccc1)CCc1ccccc1. The molecule has 148 valence electrons. The van der Waals surface area contributed by atoms with Gasteiger partial charge in [-0.2, -0.15) is 0 Å². The van der Waals surface area contributed by atoms with Crippen molar-refractivity contribution in [3.63, 3.8) is 0 Å². The number of aryl methyl sites for hydroxylation is 2. The van der Waals surface area contributed by atoms with E-state index in [2.05, 4.69) is 53.8 Å². The van der Waals surface area contributed by atoms with Gasteiger partial charge in [0.1, 0.15) is 0 Å². The number of carbonyl (C=O) groups excluding carboxylic acids is 1. The summed E-state index contributed by atoms with van der Waals surface area (Å²) in [6, 6.07) is 21.1. The average molecular weight is 370 g/mol. The summed E-state index contributed by atoms with van der Waals surface area (Å²) in [6.45, 7) is 3.79. The fourth-order valence-corrected chi connectivity index (χ4v) is 2.86. The first-order chi connectivity index (χ1) is 13.2. The average Bonchev–Trinajstić information content (AvgIpc) is 2.70. The number of nitrogens with one attached hydrogen (secondary N) is 1. The van der Waals surface area contributed by atoms with Crippen molar-refractivity contribution in [2.24, 2.45) is 17.4 Å². The van der Waals surface area contributed by atoms with E-state index < -0.39 is 0 Å². The maximum Gasteiger partial charge on any atom is 0.221 e. The molecule has 0 aliphatic carbocycles. The number of amides is 1. The Morgan fingerprint density at radius 3 is 1.74 bits per heavy atom. The molecule has 2 aromatic rings. The molecule has 0 aliphatic heterocycles. The van der Waals surface area contributed by atoms with Gasteiger partial charge >= 0.3 is 0 Å². The Hall–Kier alpha value is -2.17. The Morgan fingerprint density at radius 1 is 0.889 bits per heavy atom. The van der Waals surface area contributed by atoms with E-state index in [1.807, 2.05) is 19.1 Å². The quantitative estimate of drug-likeness (QED) is 0.601. The van der Waals surface area contributed by atoms with Gasteiger partial charge in [-0.1, -0.05) is 67.6 Å². The largest absolute Gasteiger partial charge is 0.356 e. The predicted molar refractivity (Wildman–Crippen MR) is 114 cm³/mol. The molecule has 0 bridgehead atoms. The molecule has 5 N–H and O–H groups in total. The van der Waals surface area contributed by atoms with Crippen LogP contribution in [-0.2, 0) is 17.6 Å². The van der Waals surface area contributed by atoms with Crippen molar-refractivity contribution in [3.05, 3.63) is 71.8 Å². The van der Waals surface area contributed by atoms with E-state index in [4.69, 9.17) is 11.5 Å². The molecule has 0 saturated heterocycles. The topological polar surface area (TPSA) is 81.1 Å². The molecule has 0 aromatic heterocycles. The van der Waals surface area contributed by atoms with E-state index in [1.165, 1.54) is 11.1 Å². The van der Waals surface area contributed by atoms with Gasteiger partial charge in [-0.3, -0.25) is 4.79 Å². The van der Waals surface area contributed by atoms with Crippen molar-refractivity contribution in [2.75, 3.05) is 19.6 Å². The number of hydrogen-bond donors (Lipinski definition) is 3. The van der Waals surface area contributed by atoms with Gasteiger partial charge in [0.2, 0.25) is 5.91 Å². The van der Waals surface area contributed by atoms with E-state index in [0.717, 1.165) is 38.8 Å². The zero-order valence-corrected chi connectivity index (χ0v) is 16.6. The summed E-state index contributed by atoms with van der Waals surface area (Å²) >= 11 is 0. The van der Waals surface area contributed by atoms with Gasteiger partial charge in [-0.05, 0) is 49.3 Å².